The van der Waals surface area contributed by atoms with Crippen LogP contribution in [0.15, 0.2) is 42.5 Å². The van der Waals surface area contributed by atoms with E-state index in [1.165, 1.54) is 0 Å². The predicted octanol–water partition coefficient (Wildman–Crippen LogP) is 4.22. The average molecular weight is 426 g/mol. The summed E-state index contributed by atoms with van der Waals surface area (Å²) in [5.74, 6) is 1.55. The molecule has 1 heterocycles. The van der Waals surface area contributed by atoms with E-state index < -0.39 is 5.60 Å². The number of amides is 1. The van der Waals surface area contributed by atoms with Crippen LogP contribution in [0.2, 0.25) is 0 Å². The second-order valence-electron chi connectivity index (χ2n) is 8.47. The van der Waals surface area contributed by atoms with Crippen LogP contribution in [0.5, 0.6) is 17.2 Å². The molecule has 2 aromatic carbocycles. The Balaban J connectivity index is 1.83. The first kappa shape index (κ1) is 21.5. The summed E-state index contributed by atoms with van der Waals surface area (Å²) in [5.41, 5.74) is 0.779. The van der Waals surface area contributed by atoms with Crippen LogP contribution in [-0.4, -0.2) is 49.4 Å². The van der Waals surface area contributed by atoms with Gasteiger partial charge in [-0.1, -0.05) is 31.0 Å². The first-order valence-electron chi connectivity index (χ1n) is 10.9. The molecule has 1 amide bonds. The number of ether oxygens (including phenoxy) is 3. The van der Waals surface area contributed by atoms with E-state index >= 15 is 0 Å². The highest BCUT2D eigenvalue weighted by atomic mass is 16.5. The van der Waals surface area contributed by atoms with Crippen LogP contribution in [0, 0.1) is 5.92 Å². The SMILES string of the molecule is COc1cc([C@@H]2[C@@H]3CCCC[C@@]3(O)CCN2C(=O)c2ccccc2)cc(OC)c1OC. The third-order valence-corrected chi connectivity index (χ3v) is 6.88. The van der Waals surface area contributed by atoms with Crippen LogP contribution in [0.3, 0.4) is 0 Å². The number of likely N-dealkylation sites (tertiary alicyclic amines) is 1. The number of hydrogen-bond acceptors (Lipinski definition) is 5. The van der Waals surface area contributed by atoms with Gasteiger partial charge in [-0.3, -0.25) is 4.79 Å². The van der Waals surface area contributed by atoms with E-state index in [0.29, 0.717) is 35.8 Å². The number of piperidine rings is 1. The molecule has 0 unspecified atom stereocenters. The topological polar surface area (TPSA) is 68.2 Å². The molecular weight excluding hydrogens is 394 g/mol. The van der Waals surface area contributed by atoms with E-state index in [1.54, 1.807) is 21.3 Å². The van der Waals surface area contributed by atoms with Crippen molar-refractivity contribution in [2.45, 2.75) is 43.7 Å². The molecule has 6 nitrogen and oxygen atoms in total. The highest BCUT2D eigenvalue weighted by Crippen LogP contribution is 2.51. The van der Waals surface area contributed by atoms with E-state index in [9.17, 15) is 9.90 Å². The summed E-state index contributed by atoms with van der Waals surface area (Å²) in [6, 6.07) is 12.9. The Morgan fingerprint density at radius 2 is 1.68 bits per heavy atom. The van der Waals surface area contributed by atoms with Crippen molar-refractivity contribution in [1.82, 2.24) is 4.90 Å². The Bertz CT molecular complexity index is 906. The largest absolute Gasteiger partial charge is 0.493 e. The van der Waals surface area contributed by atoms with Crippen LogP contribution in [0.25, 0.3) is 0 Å². The van der Waals surface area contributed by atoms with Crippen molar-refractivity contribution >= 4 is 5.91 Å². The number of aliphatic hydroxyl groups is 1. The van der Waals surface area contributed by atoms with Gasteiger partial charge in [0.05, 0.1) is 33.0 Å². The number of benzene rings is 2. The fourth-order valence-electron chi connectivity index (χ4n) is 5.34. The molecule has 2 aromatic rings. The lowest BCUT2D eigenvalue weighted by molar-refractivity contribution is -0.115. The Morgan fingerprint density at radius 1 is 1.00 bits per heavy atom. The third kappa shape index (κ3) is 3.85. The molecule has 1 aliphatic carbocycles. The first-order valence-corrected chi connectivity index (χ1v) is 10.9. The van der Waals surface area contributed by atoms with Crippen molar-refractivity contribution in [3.63, 3.8) is 0 Å². The van der Waals surface area contributed by atoms with Gasteiger partial charge < -0.3 is 24.2 Å². The highest BCUT2D eigenvalue weighted by molar-refractivity contribution is 5.94. The number of carbonyl (C=O) groups is 1. The van der Waals surface area contributed by atoms with E-state index in [1.807, 2.05) is 47.4 Å². The lowest BCUT2D eigenvalue weighted by Crippen LogP contribution is -2.56. The fraction of sp³-hybridized carbons (Fsp3) is 0.480. The fourth-order valence-corrected chi connectivity index (χ4v) is 5.34. The summed E-state index contributed by atoms with van der Waals surface area (Å²) in [4.78, 5) is 15.5. The smallest absolute Gasteiger partial charge is 0.254 e. The maximum atomic E-state index is 13.6. The third-order valence-electron chi connectivity index (χ3n) is 6.88. The van der Waals surface area contributed by atoms with Crippen molar-refractivity contribution in [3.8, 4) is 17.2 Å². The number of nitrogens with zero attached hydrogens (tertiary/aromatic N) is 1. The zero-order chi connectivity index (χ0) is 22.0. The summed E-state index contributed by atoms with van der Waals surface area (Å²) in [5, 5.41) is 11.5. The minimum atomic E-state index is -0.767. The molecule has 1 N–H and O–H groups in total. The Hall–Kier alpha value is -2.73. The monoisotopic (exact) mass is 425 g/mol. The van der Waals surface area contributed by atoms with Crippen LogP contribution in [0.1, 0.15) is 54.1 Å². The molecule has 1 saturated carbocycles. The summed E-state index contributed by atoms with van der Waals surface area (Å²) in [6.45, 7) is 0.502. The van der Waals surface area contributed by atoms with E-state index in [4.69, 9.17) is 14.2 Å². The second kappa shape index (κ2) is 8.79. The second-order valence-corrected chi connectivity index (χ2v) is 8.47. The molecule has 1 saturated heterocycles. The van der Waals surface area contributed by atoms with Gasteiger partial charge in [0.2, 0.25) is 5.75 Å². The molecule has 4 rings (SSSR count). The lowest BCUT2D eigenvalue weighted by atomic mass is 9.66. The van der Waals surface area contributed by atoms with Gasteiger partial charge in [0.15, 0.2) is 11.5 Å². The highest BCUT2D eigenvalue weighted by Gasteiger charge is 2.50. The molecule has 2 fully saturated rings. The van der Waals surface area contributed by atoms with Gasteiger partial charge in [0, 0.05) is 18.0 Å². The van der Waals surface area contributed by atoms with Crippen molar-refractivity contribution in [2.24, 2.45) is 5.92 Å². The summed E-state index contributed by atoms with van der Waals surface area (Å²) < 4.78 is 16.7. The molecule has 3 atom stereocenters. The Labute approximate surface area is 183 Å². The minimum absolute atomic E-state index is 0.0213. The first-order chi connectivity index (χ1) is 15.0. The minimum Gasteiger partial charge on any atom is -0.493 e. The number of methoxy groups -OCH3 is 3. The van der Waals surface area contributed by atoms with Crippen LogP contribution >= 0.6 is 0 Å². The van der Waals surface area contributed by atoms with Crippen molar-refractivity contribution < 1.29 is 24.1 Å². The lowest BCUT2D eigenvalue weighted by Gasteiger charge is -2.52. The normalized spacial score (nSPS) is 25.5. The number of fused-ring (bicyclic) bond motifs is 1. The maximum absolute atomic E-state index is 13.6. The van der Waals surface area contributed by atoms with Crippen molar-refractivity contribution in [1.29, 1.82) is 0 Å². The van der Waals surface area contributed by atoms with Gasteiger partial charge >= 0.3 is 0 Å². The van der Waals surface area contributed by atoms with Gasteiger partial charge in [-0.25, -0.2) is 0 Å². The van der Waals surface area contributed by atoms with Crippen LogP contribution in [0.4, 0.5) is 0 Å². The number of hydrogen-bond donors (Lipinski definition) is 1. The van der Waals surface area contributed by atoms with Gasteiger partial charge in [-0.05, 0) is 49.1 Å². The molecular formula is C25H31NO5. The van der Waals surface area contributed by atoms with Crippen LogP contribution in [-0.2, 0) is 0 Å². The van der Waals surface area contributed by atoms with E-state index in [-0.39, 0.29) is 17.9 Å². The van der Waals surface area contributed by atoms with E-state index in [2.05, 4.69) is 0 Å². The summed E-state index contributed by atoms with van der Waals surface area (Å²) in [7, 11) is 4.75. The Kier molecular flexibility index (Phi) is 6.10. The number of carbonyl (C=O) groups excluding carboxylic acids is 1. The van der Waals surface area contributed by atoms with Gasteiger partial charge in [0.1, 0.15) is 0 Å². The summed E-state index contributed by atoms with van der Waals surface area (Å²) >= 11 is 0. The summed E-state index contributed by atoms with van der Waals surface area (Å²) in [6.07, 6.45) is 4.29. The standard InChI is InChI=1S/C25H31NO5/c1-29-20-15-18(16-21(30-2)23(20)31-3)22-19-11-7-8-12-25(19,28)13-14-26(22)24(27)17-9-5-4-6-10-17/h4-6,9-10,15-16,19,22,28H,7-8,11-14H2,1-3H3/t19-,22+,25+/m0/s1. The molecule has 166 valence electrons. The van der Waals surface area contributed by atoms with Crippen molar-refractivity contribution in [2.75, 3.05) is 27.9 Å². The predicted molar refractivity (Wildman–Crippen MR) is 118 cm³/mol. The molecule has 0 spiro atoms. The molecule has 0 bridgehead atoms. The molecule has 31 heavy (non-hydrogen) atoms. The zero-order valence-corrected chi connectivity index (χ0v) is 18.5. The molecule has 6 heteroatoms. The number of rotatable bonds is 5. The van der Waals surface area contributed by atoms with Crippen molar-refractivity contribution in [3.05, 3.63) is 53.6 Å². The van der Waals surface area contributed by atoms with Crippen LogP contribution < -0.4 is 14.2 Å². The molecule has 0 radical (unpaired) electrons. The maximum Gasteiger partial charge on any atom is 0.254 e. The molecule has 1 aliphatic heterocycles. The van der Waals surface area contributed by atoms with Gasteiger partial charge in [-0.2, -0.15) is 0 Å². The van der Waals surface area contributed by atoms with Gasteiger partial charge in [0.25, 0.3) is 5.91 Å². The zero-order valence-electron chi connectivity index (χ0n) is 18.5. The average Bonchev–Trinajstić information content (AvgIpc) is 2.82. The quantitative estimate of drug-likeness (QED) is 0.777. The van der Waals surface area contributed by atoms with E-state index in [0.717, 1.165) is 31.2 Å². The Morgan fingerprint density at radius 3 is 2.29 bits per heavy atom. The van der Waals surface area contributed by atoms with Gasteiger partial charge in [-0.15, -0.1) is 0 Å². The molecule has 0 aromatic heterocycles. The molecule has 2 aliphatic rings.